The summed E-state index contributed by atoms with van der Waals surface area (Å²) in [6, 6.07) is 1.61. The SMILES string of the molecule is N#C/C(=C\[O-])CNC=O.[Na+]. The summed E-state index contributed by atoms with van der Waals surface area (Å²) in [6.07, 6.45) is 0.845. The average Bonchev–Trinajstić information content (AvgIpc) is 1.91. The van der Waals surface area contributed by atoms with E-state index in [0.29, 0.717) is 12.7 Å². The second-order valence-electron chi connectivity index (χ2n) is 1.25. The van der Waals surface area contributed by atoms with Gasteiger partial charge in [-0.25, -0.2) is 0 Å². The smallest absolute Gasteiger partial charge is 0.877 e. The van der Waals surface area contributed by atoms with Crippen LogP contribution in [0.5, 0.6) is 0 Å². The Morgan fingerprint density at radius 1 is 1.80 bits per heavy atom. The van der Waals surface area contributed by atoms with Crippen molar-refractivity contribution < 1.29 is 39.5 Å². The number of rotatable bonds is 3. The van der Waals surface area contributed by atoms with Crippen LogP contribution in [-0.4, -0.2) is 13.0 Å². The van der Waals surface area contributed by atoms with E-state index in [4.69, 9.17) is 5.26 Å². The molecule has 0 atom stereocenters. The molecule has 4 nitrogen and oxygen atoms in total. The molecule has 0 spiro atoms. The van der Waals surface area contributed by atoms with Crippen molar-refractivity contribution in [2.45, 2.75) is 0 Å². The van der Waals surface area contributed by atoms with E-state index in [1.165, 1.54) is 0 Å². The molecule has 0 aromatic carbocycles. The molecule has 5 heteroatoms. The molecule has 0 aliphatic carbocycles. The molecule has 0 aliphatic rings. The number of hydrogen-bond donors (Lipinski definition) is 1. The number of hydrogen-bond acceptors (Lipinski definition) is 3. The van der Waals surface area contributed by atoms with Gasteiger partial charge in [0, 0.05) is 5.57 Å². The van der Waals surface area contributed by atoms with Crippen LogP contribution in [0, 0.1) is 11.3 Å². The van der Waals surface area contributed by atoms with E-state index < -0.39 is 0 Å². The topological polar surface area (TPSA) is 75.9 Å². The van der Waals surface area contributed by atoms with Gasteiger partial charge in [-0.1, -0.05) is 0 Å². The van der Waals surface area contributed by atoms with Crippen molar-refractivity contribution in [3.63, 3.8) is 0 Å². The van der Waals surface area contributed by atoms with Crippen LogP contribution in [0.15, 0.2) is 11.8 Å². The summed E-state index contributed by atoms with van der Waals surface area (Å²) in [5.41, 5.74) is 0.0158. The Morgan fingerprint density at radius 2 is 2.40 bits per heavy atom. The van der Waals surface area contributed by atoms with Gasteiger partial charge < -0.3 is 10.4 Å². The van der Waals surface area contributed by atoms with E-state index in [9.17, 15) is 9.90 Å². The monoisotopic (exact) mass is 148 g/mol. The van der Waals surface area contributed by atoms with Gasteiger partial charge in [0.1, 0.15) is 0 Å². The maximum atomic E-state index is 9.83. The molecule has 0 saturated heterocycles. The minimum Gasteiger partial charge on any atom is -0.877 e. The van der Waals surface area contributed by atoms with Crippen molar-refractivity contribution in [1.29, 1.82) is 5.26 Å². The number of carbonyl (C=O) groups excluding carboxylic acids is 1. The van der Waals surface area contributed by atoms with Gasteiger partial charge in [-0.2, -0.15) is 5.26 Å². The summed E-state index contributed by atoms with van der Waals surface area (Å²) in [6.45, 7) is 0.0174. The molecule has 0 saturated carbocycles. The Labute approximate surface area is 80.8 Å². The zero-order valence-electron chi connectivity index (χ0n) is 5.63. The molecule has 0 bridgehead atoms. The summed E-state index contributed by atoms with van der Waals surface area (Å²) in [4.78, 5) is 9.59. The van der Waals surface area contributed by atoms with E-state index in [-0.39, 0.29) is 41.7 Å². The van der Waals surface area contributed by atoms with E-state index in [0.717, 1.165) is 0 Å². The third-order valence-electron chi connectivity index (χ3n) is 0.662. The van der Waals surface area contributed by atoms with Crippen LogP contribution in [0.4, 0.5) is 0 Å². The predicted octanol–water partition coefficient (Wildman–Crippen LogP) is -4.50. The summed E-state index contributed by atoms with van der Waals surface area (Å²) >= 11 is 0. The molecule has 0 unspecified atom stereocenters. The van der Waals surface area contributed by atoms with Crippen LogP contribution >= 0.6 is 0 Å². The second kappa shape index (κ2) is 8.50. The summed E-state index contributed by atoms with van der Waals surface area (Å²) in [5, 5.41) is 20.1. The number of carbonyl (C=O) groups is 1. The van der Waals surface area contributed by atoms with Crippen LogP contribution in [0.2, 0.25) is 0 Å². The van der Waals surface area contributed by atoms with Crippen molar-refractivity contribution >= 4 is 6.41 Å². The predicted molar refractivity (Wildman–Crippen MR) is 27.8 cm³/mol. The second-order valence-corrected chi connectivity index (χ2v) is 1.25. The molecule has 0 radical (unpaired) electrons. The van der Waals surface area contributed by atoms with Crippen molar-refractivity contribution in [1.82, 2.24) is 5.32 Å². The first kappa shape index (κ1) is 12.2. The molecular weight excluding hydrogens is 143 g/mol. The maximum Gasteiger partial charge on any atom is 1.00 e. The fourth-order valence-electron chi connectivity index (χ4n) is 0.259. The Hall–Kier alpha value is -0.500. The van der Waals surface area contributed by atoms with E-state index in [1.54, 1.807) is 6.07 Å². The Balaban J connectivity index is 0. The Kier molecular flexibility index (Phi) is 10.4. The van der Waals surface area contributed by atoms with Gasteiger partial charge in [0.05, 0.1) is 12.6 Å². The molecule has 48 valence electrons. The standard InChI is InChI=1S/C5H6N2O2.Na/c6-1-5(3-8)2-7-4-9;/h3-4,8H,2H2,(H,7,9);/q;+1/p-1/b5-3+;. The van der Waals surface area contributed by atoms with Crippen molar-refractivity contribution in [3.8, 4) is 6.07 Å². The summed E-state index contributed by atoms with van der Waals surface area (Å²) < 4.78 is 0. The van der Waals surface area contributed by atoms with Crippen LogP contribution < -0.4 is 40.0 Å². The van der Waals surface area contributed by atoms with Gasteiger partial charge in [0.25, 0.3) is 0 Å². The fraction of sp³-hybridized carbons (Fsp3) is 0.200. The number of nitrogens with zero attached hydrogens (tertiary/aromatic N) is 1. The van der Waals surface area contributed by atoms with E-state index >= 15 is 0 Å². The average molecular weight is 148 g/mol. The normalized spacial score (nSPS) is 8.90. The molecule has 0 aromatic rings. The van der Waals surface area contributed by atoms with Crippen LogP contribution in [-0.2, 0) is 4.79 Å². The zero-order chi connectivity index (χ0) is 7.11. The third-order valence-corrected chi connectivity index (χ3v) is 0.662. The minimum absolute atomic E-state index is 0. The Morgan fingerprint density at radius 3 is 2.70 bits per heavy atom. The number of nitrogens with one attached hydrogen (secondary N) is 1. The van der Waals surface area contributed by atoms with Crippen LogP contribution in [0.1, 0.15) is 0 Å². The van der Waals surface area contributed by atoms with Gasteiger partial charge in [0.15, 0.2) is 0 Å². The molecular formula is C5H5N2NaO2. The molecule has 0 aliphatic heterocycles. The first-order valence-corrected chi connectivity index (χ1v) is 2.23. The third kappa shape index (κ3) is 5.63. The largest absolute Gasteiger partial charge is 1.00 e. The van der Waals surface area contributed by atoms with Gasteiger partial charge >= 0.3 is 29.6 Å². The number of amides is 1. The van der Waals surface area contributed by atoms with Crippen molar-refractivity contribution in [2.24, 2.45) is 0 Å². The maximum absolute atomic E-state index is 9.83. The van der Waals surface area contributed by atoms with Gasteiger partial charge in [-0.3, -0.25) is 4.79 Å². The van der Waals surface area contributed by atoms with Gasteiger partial charge in [0.2, 0.25) is 6.41 Å². The zero-order valence-corrected chi connectivity index (χ0v) is 7.63. The van der Waals surface area contributed by atoms with Gasteiger partial charge in [-0.15, -0.1) is 6.26 Å². The van der Waals surface area contributed by atoms with Crippen LogP contribution in [0.25, 0.3) is 0 Å². The van der Waals surface area contributed by atoms with E-state index in [2.05, 4.69) is 5.32 Å². The number of nitriles is 1. The molecule has 10 heavy (non-hydrogen) atoms. The summed E-state index contributed by atoms with van der Waals surface area (Å²) in [5.74, 6) is 0. The first-order chi connectivity index (χ1) is 4.35. The molecule has 0 rings (SSSR count). The molecule has 0 fully saturated rings. The molecule has 1 amide bonds. The fourth-order valence-corrected chi connectivity index (χ4v) is 0.259. The quantitative estimate of drug-likeness (QED) is 0.190. The van der Waals surface area contributed by atoms with E-state index in [1.807, 2.05) is 0 Å². The van der Waals surface area contributed by atoms with Crippen molar-refractivity contribution in [3.05, 3.63) is 11.8 Å². The van der Waals surface area contributed by atoms with Crippen LogP contribution in [0.3, 0.4) is 0 Å². The Bertz CT molecular complexity index is 162. The summed E-state index contributed by atoms with van der Waals surface area (Å²) in [7, 11) is 0. The molecule has 1 N–H and O–H groups in total. The van der Waals surface area contributed by atoms with Gasteiger partial charge in [-0.05, 0) is 0 Å². The molecule has 0 aromatic heterocycles. The first-order valence-electron chi connectivity index (χ1n) is 2.23. The minimum atomic E-state index is 0. The van der Waals surface area contributed by atoms with Crippen molar-refractivity contribution in [2.75, 3.05) is 6.54 Å². The molecule has 0 heterocycles.